The lowest BCUT2D eigenvalue weighted by Crippen LogP contribution is -2.35. The molecule has 3 aromatic rings. The van der Waals surface area contributed by atoms with E-state index in [1.54, 1.807) is 17.8 Å². The molecule has 0 radical (unpaired) electrons. The maximum atomic E-state index is 13.2. The number of nitrogens with one attached hydrogen (secondary N) is 1. The summed E-state index contributed by atoms with van der Waals surface area (Å²) in [7, 11) is 0. The van der Waals surface area contributed by atoms with Crippen LogP contribution in [0.15, 0.2) is 34.7 Å². The van der Waals surface area contributed by atoms with Crippen LogP contribution in [-0.2, 0) is 24.9 Å². The Hall–Kier alpha value is -2.79. The highest BCUT2D eigenvalue weighted by Crippen LogP contribution is 2.41. The van der Waals surface area contributed by atoms with Gasteiger partial charge in [-0.2, -0.15) is 13.2 Å². The van der Waals surface area contributed by atoms with Crippen molar-refractivity contribution in [1.29, 1.82) is 0 Å². The van der Waals surface area contributed by atoms with Gasteiger partial charge in [0.05, 0.1) is 5.56 Å². The average Bonchev–Trinajstić information content (AvgIpc) is 3.35. The predicted molar refractivity (Wildman–Crippen MR) is 108 cm³/mol. The number of anilines is 1. The molecule has 1 amide bonds. The number of halogens is 3. The summed E-state index contributed by atoms with van der Waals surface area (Å²) in [6.45, 7) is 4.20. The van der Waals surface area contributed by atoms with E-state index in [1.165, 1.54) is 17.7 Å². The van der Waals surface area contributed by atoms with Gasteiger partial charge in [0, 0.05) is 53.9 Å². The minimum Gasteiger partial charge on any atom is -0.358 e. The highest BCUT2D eigenvalue weighted by Gasteiger charge is 2.51. The maximum absolute atomic E-state index is 13.2. The summed E-state index contributed by atoms with van der Waals surface area (Å²) >= 11 is 1.49. The van der Waals surface area contributed by atoms with Gasteiger partial charge in [-0.15, -0.1) is 11.3 Å². The second kappa shape index (κ2) is 8.04. The molecule has 0 bridgehead atoms. The first-order chi connectivity index (χ1) is 14.6. The lowest BCUT2D eigenvalue weighted by Gasteiger charge is -2.27. The highest BCUT2D eigenvalue weighted by atomic mass is 32.1. The number of carbonyl (C=O) groups excluding carboxylic acids is 1. The molecule has 0 aliphatic carbocycles. The molecule has 0 spiro atoms. The van der Waals surface area contributed by atoms with Gasteiger partial charge in [0.2, 0.25) is 0 Å². The molecule has 0 saturated carbocycles. The average molecular weight is 451 g/mol. The molecule has 0 fully saturated rings. The lowest BCUT2D eigenvalue weighted by molar-refractivity contribution is -0.185. The molecule has 31 heavy (non-hydrogen) atoms. The zero-order valence-electron chi connectivity index (χ0n) is 16.9. The quantitative estimate of drug-likeness (QED) is 0.627. The summed E-state index contributed by atoms with van der Waals surface area (Å²) in [6.07, 6.45) is 1.24. The molecule has 7 nitrogen and oxygen atoms in total. The van der Waals surface area contributed by atoms with Gasteiger partial charge in [-0.1, -0.05) is 5.16 Å². The van der Waals surface area contributed by atoms with Gasteiger partial charge >= 0.3 is 6.18 Å². The van der Waals surface area contributed by atoms with Crippen LogP contribution in [0, 0.1) is 0 Å². The molecule has 11 heteroatoms. The van der Waals surface area contributed by atoms with E-state index in [-0.39, 0.29) is 11.6 Å². The largest absolute Gasteiger partial charge is 0.401 e. The molecular weight excluding hydrogens is 431 g/mol. The summed E-state index contributed by atoms with van der Waals surface area (Å²) in [5.41, 5.74) is 0.284. The molecule has 3 aromatic heterocycles. The molecule has 0 saturated heterocycles. The minimum absolute atomic E-state index is 0.0428. The number of thiophene rings is 1. The van der Waals surface area contributed by atoms with Crippen molar-refractivity contribution in [2.75, 3.05) is 11.9 Å². The molecule has 0 aromatic carbocycles. The predicted octanol–water partition coefficient (Wildman–Crippen LogP) is 4.18. The van der Waals surface area contributed by atoms with Crippen molar-refractivity contribution >= 4 is 23.1 Å². The molecule has 164 valence electrons. The summed E-state index contributed by atoms with van der Waals surface area (Å²) in [5.74, 6) is -0.811. The molecule has 1 aliphatic rings. The fourth-order valence-corrected chi connectivity index (χ4v) is 4.45. The van der Waals surface area contributed by atoms with E-state index in [0.29, 0.717) is 18.5 Å². The number of hydrogen-bond donors (Lipinski definition) is 1. The van der Waals surface area contributed by atoms with Crippen LogP contribution in [0.1, 0.15) is 46.0 Å². The van der Waals surface area contributed by atoms with Gasteiger partial charge < -0.3 is 9.84 Å². The van der Waals surface area contributed by atoms with Gasteiger partial charge in [-0.3, -0.25) is 9.69 Å². The van der Waals surface area contributed by atoms with E-state index in [2.05, 4.69) is 25.3 Å². The van der Waals surface area contributed by atoms with Crippen LogP contribution in [0.2, 0.25) is 0 Å². The summed E-state index contributed by atoms with van der Waals surface area (Å²) in [6, 6.07) is 1.12. The van der Waals surface area contributed by atoms with E-state index in [0.717, 1.165) is 49.0 Å². The Balaban J connectivity index is 1.44. The third-order valence-electron chi connectivity index (χ3n) is 5.37. The highest BCUT2D eigenvalue weighted by molar-refractivity contribution is 7.10. The fraction of sp³-hybridized carbons (Fsp3) is 0.400. The van der Waals surface area contributed by atoms with Crippen LogP contribution < -0.4 is 5.32 Å². The van der Waals surface area contributed by atoms with Crippen molar-refractivity contribution < 1.29 is 22.5 Å². The third kappa shape index (κ3) is 4.33. The standard InChI is InChI=1S/C20H20F3N5O2S/c1-19(2,20(21,22)23)16-5-17(27-30-16)26-18(29)14-10-31-15-9-28(4-3-13(14)15)8-12-6-24-11-25-7-12/h5-7,10-11H,3-4,8-9H2,1-2H3,(H,26,27,29). The van der Waals surface area contributed by atoms with Crippen LogP contribution in [0.25, 0.3) is 0 Å². The second-order valence-corrected chi connectivity index (χ2v) is 8.88. The van der Waals surface area contributed by atoms with Crippen molar-refractivity contribution in [3.8, 4) is 0 Å². The van der Waals surface area contributed by atoms with E-state index in [1.807, 2.05) is 0 Å². The molecule has 1 aliphatic heterocycles. The normalized spacial score (nSPS) is 15.0. The molecule has 1 N–H and O–H groups in total. The Bertz CT molecular complexity index is 1080. The Kier molecular flexibility index (Phi) is 5.56. The first-order valence-electron chi connectivity index (χ1n) is 9.56. The Labute approximate surface area is 180 Å². The topological polar surface area (TPSA) is 84.2 Å². The van der Waals surface area contributed by atoms with Crippen LogP contribution >= 0.6 is 11.3 Å². The van der Waals surface area contributed by atoms with E-state index < -0.39 is 17.5 Å². The number of amides is 1. The minimum atomic E-state index is -4.50. The third-order valence-corrected chi connectivity index (χ3v) is 6.38. The number of nitrogens with zero attached hydrogens (tertiary/aromatic N) is 4. The molecule has 4 heterocycles. The van der Waals surface area contributed by atoms with Gasteiger partial charge in [-0.05, 0) is 25.8 Å². The van der Waals surface area contributed by atoms with Crippen LogP contribution in [0.5, 0.6) is 0 Å². The monoisotopic (exact) mass is 451 g/mol. The number of alkyl halides is 3. The fourth-order valence-electron chi connectivity index (χ4n) is 3.33. The van der Waals surface area contributed by atoms with Gasteiger partial charge in [0.1, 0.15) is 11.7 Å². The smallest absolute Gasteiger partial charge is 0.358 e. The van der Waals surface area contributed by atoms with E-state index in [9.17, 15) is 18.0 Å². The number of fused-ring (bicyclic) bond motifs is 1. The first-order valence-corrected chi connectivity index (χ1v) is 10.4. The summed E-state index contributed by atoms with van der Waals surface area (Å²) in [5, 5.41) is 7.92. The van der Waals surface area contributed by atoms with Crippen molar-refractivity contribution in [2.45, 2.75) is 44.9 Å². The lowest BCUT2D eigenvalue weighted by atomic mass is 9.89. The van der Waals surface area contributed by atoms with Gasteiger partial charge in [-0.25, -0.2) is 9.97 Å². The Morgan fingerprint density at radius 3 is 2.74 bits per heavy atom. The zero-order valence-corrected chi connectivity index (χ0v) is 17.7. The zero-order chi connectivity index (χ0) is 22.2. The first kappa shape index (κ1) is 21.4. The van der Waals surface area contributed by atoms with Crippen LogP contribution in [-0.4, -0.2) is 38.7 Å². The molecule has 0 unspecified atom stereocenters. The summed E-state index contributed by atoms with van der Waals surface area (Å²) < 4.78 is 44.4. The van der Waals surface area contributed by atoms with Gasteiger partial charge in [0.15, 0.2) is 11.6 Å². The molecular formula is C20H20F3N5O2S. The van der Waals surface area contributed by atoms with Crippen molar-refractivity contribution in [1.82, 2.24) is 20.0 Å². The maximum Gasteiger partial charge on any atom is 0.401 e. The second-order valence-electron chi connectivity index (χ2n) is 7.91. The Morgan fingerprint density at radius 2 is 2.03 bits per heavy atom. The van der Waals surface area contributed by atoms with Crippen LogP contribution in [0.4, 0.5) is 19.0 Å². The molecule has 0 atom stereocenters. The number of hydrogen-bond acceptors (Lipinski definition) is 7. The summed E-state index contributed by atoms with van der Waals surface area (Å²) in [4.78, 5) is 24.1. The van der Waals surface area contributed by atoms with Crippen molar-refractivity contribution in [3.05, 3.63) is 57.5 Å². The number of aromatic nitrogens is 3. The van der Waals surface area contributed by atoms with E-state index in [4.69, 9.17) is 4.52 Å². The molecule has 4 rings (SSSR count). The van der Waals surface area contributed by atoms with Gasteiger partial charge in [0.25, 0.3) is 5.91 Å². The van der Waals surface area contributed by atoms with E-state index >= 15 is 0 Å². The van der Waals surface area contributed by atoms with Crippen molar-refractivity contribution in [3.63, 3.8) is 0 Å². The van der Waals surface area contributed by atoms with Crippen LogP contribution in [0.3, 0.4) is 0 Å². The number of carbonyl (C=O) groups is 1. The Morgan fingerprint density at radius 1 is 1.29 bits per heavy atom. The number of rotatable bonds is 5. The SMILES string of the molecule is CC(C)(c1cc(NC(=O)c2csc3c2CCN(Cc2cncnc2)C3)no1)C(F)(F)F. The van der Waals surface area contributed by atoms with Crippen molar-refractivity contribution in [2.24, 2.45) is 0 Å².